The van der Waals surface area contributed by atoms with Gasteiger partial charge in [-0.15, -0.1) is 0 Å². The summed E-state index contributed by atoms with van der Waals surface area (Å²) >= 11 is 1.64. The highest BCUT2D eigenvalue weighted by Gasteiger charge is 2.31. The molecule has 1 atom stereocenters. The molecule has 0 aromatic carbocycles. The predicted molar refractivity (Wildman–Crippen MR) is 62.0 cm³/mol. The molecular weight excluding hydrogens is 208 g/mol. The zero-order valence-electron chi connectivity index (χ0n) is 9.06. The lowest BCUT2D eigenvalue weighted by Gasteiger charge is -2.36. The van der Waals surface area contributed by atoms with Crippen LogP contribution >= 0.6 is 11.3 Å². The second-order valence-electron chi connectivity index (χ2n) is 4.22. The maximum atomic E-state index is 9.93. The summed E-state index contributed by atoms with van der Waals surface area (Å²) < 4.78 is 5.50. The minimum atomic E-state index is -0.274. The Morgan fingerprint density at radius 3 is 3.00 bits per heavy atom. The molecule has 1 heterocycles. The molecule has 0 bridgehead atoms. The maximum absolute atomic E-state index is 9.93. The first-order valence-electron chi connectivity index (χ1n) is 5.61. The van der Waals surface area contributed by atoms with E-state index >= 15 is 0 Å². The molecule has 0 spiro atoms. The summed E-state index contributed by atoms with van der Waals surface area (Å²) in [5.74, 6) is 0.649. The fraction of sp³-hybridized carbons (Fsp3) is 0.667. The van der Waals surface area contributed by atoms with Gasteiger partial charge >= 0.3 is 0 Å². The van der Waals surface area contributed by atoms with Gasteiger partial charge in [-0.25, -0.2) is 0 Å². The number of ether oxygens (including phenoxy) is 1. The van der Waals surface area contributed by atoms with Gasteiger partial charge in [0.25, 0.3) is 0 Å². The number of hydrogen-bond donors (Lipinski definition) is 1. The maximum Gasteiger partial charge on any atom is 0.0800 e. The van der Waals surface area contributed by atoms with Gasteiger partial charge < -0.3 is 9.84 Å². The van der Waals surface area contributed by atoms with Crippen LogP contribution in [0.1, 0.15) is 37.9 Å². The highest BCUT2D eigenvalue weighted by atomic mass is 32.1. The largest absolute Gasteiger partial charge is 0.388 e. The Morgan fingerprint density at radius 1 is 1.60 bits per heavy atom. The minimum absolute atomic E-state index is 0.274. The molecule has 0 saturated heterocycles. The number of thiophene rings is 1. The van der Waals surface area contributed by atoms with Crippen LogP contribution in [-0.2, 0) is 4.74 Å². The summed E-state index contributed by atoms with van der Waals surface area (Å²) in [5, 5.41) is 14.0. The normalized spacial score (nSPS) is 27.3. The van der Waals surface area contributed by atoms with Crippen LogP contribution in [0.25, 0.3) is 0 Å². The predicted octanol–water partition coefficient (Wildman–Crippen LogP) is 2.99. The van der Waals surface area contributed by atoms with E-state index in [1.807, 2.05) is 23.8 Å². The third-order valence-corrected chi connectivity index (χ3v) is 3.78. The van der Waals surface area contributed by atoms with E-state index in [1.54, 1.807) is 11.3 Å². The van der Waals surface area contributed by atoms with E-state index in [0.29, 0.717) is 12.0 Å². The molecule has 84 valence electrons. The highest BCUT2D eigenvalue weighted by Crippen LogP contribution is 2.37. The van der Waals surface area contributed by atoms with Crippen LogP contribution in [0.3, 0.4) is 0 Å². The lowest BCUT2D eigenvalue weighted by Crippen LogP contribution is -2.32. The van der Waals surface area contributed by atoms with Crippen LogP contribution in [-0.4, -0.2) is 17.8 Å². The number of aliphatic hydroxyl groups excluding tert-OH is 1. The van der Waals surface area contributed by atoms with Crippen LogP contribution in [0, 0.1) is 5.92 Å². The van der Waals surface area contributed by atoms with Gasteiger partial charge in [0.15, 0.2) is 0 Å². The molecule has 1 aliphatic rings. The second kappa shape index (κ2) is 5.10. The monoisotopic (exact) mass is 226 g/mol. The van der Waals surface area contributed by atoms with Crippen molar-refractivity contribution < 1.29 is 9.84 Å². The Hall–Kier alpha value is -0.380. The molecule has 1 aliphatic carbocycles. The first-order chi connectivity index (χ1) is 7.29. The molecule has 0 amide bonds. The molecule has 1 unspecified atom stereocenters. The van der Waals surface area contributed by atoms with Crippen LogP contribution < -0.4 is 0 Å². The van der Waals surface area contributed by atoms with E-state index in [9.17, 15) is 5.11 Å². The fourth-order valence-electron chi connectivity index (χ4n) is 2.16. The van der Waals surface area contributed by atoms with Crippen molar-refractivity contribution in [1.82, 2.24) is 0 Å². The van der Waals surface area contributed by atoms with Gasteiger partial charge in [-0.3, -0.25) is 0 Å². The molecule has 2 rings (SSSR count). The van der Waals surface area contributed by atoms with Gasteiger partial charge in [0, 0.05) is 6.61 Å². The van der Waals surface area contributed by atoms with Crippen molar-refractivity contribution in [3.8, 4) is 0 Å². The Bertz CT molecular complexity index is 278. The van der Waals surface area contributed by atoms with Gasteiger partial charge in [-0.1, -0.05) is 0 Å². The van der Waals surface area contributed by atoms with E-state index in [0.717, 1.165) is 31.4 Å². The van der Waals surface area contributed by atoms with E-state index in [2.05, 4.69) is 0 Å². The average Bonchev–Trinajstić information content (AvgIpc) is 2.67. The fourth-order valence-corrected chi connectivity index (χ4v) is 2.86. The Balaban J connectivity index is 1.71. The molecule has 0 aliphatic heterocycles. The lowest BCUT2D eigenvalue weighted by atomic mass is 9.78. The zero-order chi connectivity index (χ0) is 10.7. The Morgan fingerprint density at radius 2 is 2.40 bits per heavy atom. The Kier molecular flexibility index (Phi) is 3.78. The summed E-state index contributed by atoms with van der Waals surface area (Å²) in [5.41, 5.74) is 1.07. The third kappa shape index (κ3) is 2.80. The molecule has 1 saturated carbocycles. The quantitative estimate of drug-likeness (QED) is 0.836. The highest BCUT2D eigenvalue weighted by molar-refractivity contribution is 7.07. The molecule has 1 N–H and O–H groups in total. The van der Waals surface area contributed by atoms with Gasteiger partial charge in [0.05, 0.1) is 12.2 Å². The molecule has 3 heteroatoms. The van der Waals surface area contributed by atoms with Crippen LogP contribution in [0.4, 0.5) is 0 Å². The van der Waals surface area contributed by atoms with Crippen LogP contribution in [0.15, 0.2) is 16.8 Å². The standard InChI is InChI=1S/C12H18O2S/c1-2-14-11-5-9(6-11)7-12(13)10-3-4-15-8-10/h3-4,8-9,11-13H,2,5-7H2,1H3. The van der Waals surface area contributed by atoms with Crippen molar-refractivity contribution in [1.29, 1.82) is 0 Å². The number of aliphatic hydroxyl groups is 1. The van der Waals surface area contributed by atoms with Crippen molar-refractivity contribution in [3.63, 3.8) is 0 Å². The van der Waals surface area contributed by atoms with Crippen molar-refractivity contribution in [2.24, 2.45) is 5.92 Å². The molecule has 0 radical (unpaired) electrons. The second-order valence-corrected chi connectivity index (χ2v) is 5.00. The first-order valence-corrected chi connectivity index (χ1v) is 6.55. The summed E-state index contributed by atoms with van der Waals surface area (Å²) in [4.78, 5) is 0. The van der Waals surface area contributed by atoms with Crippen LogP contribution in [0.2, 0.25) is 0 Å². The van der Waals surface area contributed by atoms with Crippen molar-refractivity contribution in [2.75, 3.05) is 6.61 Å². The first kappa shape index (κ1) is 11.1. The topological polar surface area (TPSA) is 29.5 Å². The summed E-state index contributed by atoms with van der Waals surface area (Å²) in [6.45, 7) is 2.85. The number of hydrogen-bond acceptors (Lipinski definition) is 3. The van der Waals surface area contributed by atoms with Crippen molar-refractivity contribution in [2.45, 2.75) is 38.4 Å². The lowest BCUT2D eigenvalue weighted by molar-refractivity contribution is -0.0379. The van der Waals surface area contributed by atoms with E-state index in [4.69, 9.17) is 4.74 Å². The van der Waals surface area contributed by atoms with Crippen molar-refractivity contribution >= 4 is 11.3 Å². The molecule has 1 aromatic rings. The molecule has 2 nitrogen and oxygen atoms in total. The summed E-state index contributed by atoms with van der Waals surface area (Å²) in [6.07, 6.45) is 3.31. The SMILES string of the molecule is CCOC1CC(CC(O)c2ccsc2)C1. The third-order valence-electron chi connectivity index (χ3n) is 3.08. The summed E-state index contributed by atoms with van der Waals surface area (Å²) in [6, 6.07) is 2.01. The summed E-state index contributed by atoms with van der Waals surface area (Å²) in [7, 11) is 0. The zero-order valence-corrected chi connectivity index (χ0v) is 9.87. The smallest absolute Gasteiger partial charge is 0.0800 e. The van der Waals surface area contributed by atoms with Gasteiger partial charge in [0.1, 0.15) is 0 Å². The molecule has 1 aromatic heterocycles. The minimum Gasteiger partial charge on any atom is -0.388 e. The van der Waals surface area contributed by atoms with Gasteiger partial charge in [-0.05, 0) is 54.5 Å². The van der Waals surface area contributed by atoms with Crippen molar-refractivity contribution in [3.05, 3.63) is 22.4 Å². The van der Waals surface area contributed by atoms with E-state index < -0.39 is 0 Å². The van der Waals surface area contributed by atoms with Crippen LogP contribution in [0.5, 0.6) is 0 Å². The molecule has 1 fully saturated rings. The Labute approximate surface area is 94.9 Å². The van der Waals surface area contributed by atoms with Gasteiger partial charge in [0.2, 0.25) is 0 Å². The molecular formula is C12H18O2S. The van der Waals surface area contributed by atoms with Gasteiger partial charge in [-0.2, -0.15) is 11.3 Å². The average molecular weight is 226 g/mol. The van der Waals surface area contributed by atoms with E-state index in [1.165, 1.54) is 0 Å². The number of rotatable bonds is 5. The molecule has 15 heavy (non-hydrogen) atoms. The van der Waals surface area contributed by atoms with E-state index in [-0.39, 0.29) is 6.10 Å².